The Morgan fingerprint density at radius 2 is 2.29 bits per heavy atom. The van der Waals surface area contributed by atoms with E-state index in [2.05, 4.69) is 31.4 Å². The smallest absolute Gasteiger partial charge is 0.243 e. The van der Waals surface area contributed by atoms with Crippen LogP contribution in [0, 0.1) is 0 Å². The topological polar surface area (TPSA) is 51.0 Å². The van der Waals surface area contributed by atoms with E-state index in [1.807, 2.05) is 38.1 Å². The molecule has 4 nitrogen and oxygen atoms in total. The summed E-state index contributed by atoms with van der Waals surface area (Å²) in [6.07, 6.45) is 0. The van der Waals surface area contributed by atoms with Crippen molar-refractivity contribution in [3.8, 4) is 11.4 Å². The van der Waals surface area contributed by atoms with Gasteiger partial charge in [0.2, 0.25) is 11.7 Å². The molecule has 0 spiro atoms. The van der Waals surface area contributed by atoms with Crippen molar-refractivity contribution in [1.82, 2.24) is 15.5 Å². The first-order chi connectivity index (χ1) is 8.20. The summed E-state index contributed by atoms with van der Waals surface area (Å²) in [4.78, 5) is 4.38. The van der Waals surface area contributed by atoms with Gasteiger partial charge in [-0.05, 0) is 25.6 Å². The Kier molecular flexibility index (Phi) is 3.91. The van der Waals surface area contributed by atoms with Crippen LogP contribution in [-0.4, -0.2) is 16.7 Å². The molecule has 1 heterocycles. The molecular weight excluding hydrogens is 282 g/mol. The lowest BCUT2D eigenvalue weighted by Crippen LogP contribution is -2.17. The Hall–Kier alpha value is -1.20. The van der Waals surface area contributed by atoms with E-state index < -0.39 is 0 Å². The van der Waals surface area contributed by atoms with Gasteiger partial charge in [0.05, 0.1) is 6.04 Å². The lowest BCUT2D eigenvalue weighted by molar-refractivity contribution is 0.342. The van der Waals surface area contributed by atoms with E-state index in [-0.39, 0.29) is 6.04 Å². The van der Waals surface area contributed by atoms with Gasteiger partial charge in [-0.15, -0.1) is 0 Å². The third kappa shape index (κ3) is 2.92. The standard InChI is InChI=1S/C12H14BrN3O/c1-3-14-8(2)12-15-11(16-17-12)9-5-4-6-10(13)7-9/h4-8,14H,3H2,1-2H3. The molecule has 0 aliphatic heterocycles. The van der Waals surface area contributed by atoms with Crippen molar-refractivity contribution in [3.05, 3.63) is 34.6 Å². The minimum atomic E-state index is 0.0772. The van der Waals surface area contributed by atoms with E-state index in [9.17, 15) is 0 Å². The van der Waals surface area contributed by atoms with Gasteiger partial charge in [0.15, 0.2) is 0 Å². The highest BCUT2D eigenvalue weighted by molar-refractivity contribution is 9.10. The zero-order valence-electron chi connectivity index (χ0n) is 9.77. The summed E-state index contributed by atoms with van der Waals surface area (Å²) in [6.45, 7) is 4.92. The van der Waals surface area contributed by atoms with E-state index in [1.54, 1.807) is 0 Å². The highest BCUT2D eigenvalue weighted by Crippen LogP contribution is 2.21. The molecule has 1 N–H and O–H groups in total. The van der Waals surface area contributed by atoms with Crippen molar-refractivity contribution in [1.29, 1.82) is 0 Å². The fourth-order valence-corrected chi connectivity index (χ4v) is 1.95. The monoisotopic (exact) mass is 295 g/mol. The van der Waals surface area contributed by atoms with E-state index in [4.69, 9.17) is 4.52 Å². The van der Waals surface area contributed by atoms with Crippen LogP contribution < -0.4 is 5.32 Å². The summed E-state index contributed by atoms with van der Waals surface area (Å²) in [5.74, 6) is 1.23. The lowest BCUT2D eigenvalue weighted by Gasteiger charge is -2.05. The van der Waals surface area contributed by atoms with Gasteiger partial charge in [0, 0.05) is 10.0 Å². The van der Waals surface area contributed by atoms with Crippen molar-refractivity contribution < 1.29 is 4.52 Å². The van der Waals surface area contributed by atoms with Crippen molar-refractivity contribution in [2.45, 2.75) is 19.9 Å². The molecule has 5 heteroatoms. The Labute approximate surface area is 109 Å². The number of hydrogen-bond donors (Lipinski definition) is 1. The Morgan fingerprint density at radius 3 is 3.00 bits per heavy atom. The maximum absolute atomic E-state index is 5.23. The van der Waals surface area contributed by atoms with Crippen LogP contribution in [-0.2, 0) is 0 Å². The molecule has 1 aromatic heterocycles. The van der Waals surface area contributed by atoms with Crippen molar-refractivity contribution in [2.75, 3.05) is 6.54 Å². The van der Waals surface area contributed by atoms with Crippen LogP contribution in [0.15, 0.2) is 33.3 Å². The van der Waals surface area contributed by atoms with E-state index in [1.165, 1.54) is 0 Å². The number of hydrogen-bond acceptors (Lipinski definition) is 4. The molecule has 0 amide bonds. The molecule has 17 heavy (non-hydrogen) atoms. The van der Waals surface area contributed by atoms with Crippen LogP contribution in [0.25, 0.3) is 11.4 Å². The minimum absolute atomic E-state index is 0.0772. The van der Waals surface area contributed by atoms with Crippen LogP contribution >= 0.6 is 15.9 Å². The second-order valence-electron chi connectivity index (χ2n) is 3.75. The van der Waals surface area contributed by atoms with Crippen LogP contribution in [0.3, 0.4) is 0 Å². The molecule has 0 aliphatic rings. The maximum atomic E-state index is 5.23. The second-order valence-corrected chi connectivity index (χ2v) is 4.66. The fourth-order valence-electron chi connectivity index (χ4n) is 1.55. The van der Waals surface area contributed by atoms with Crippen LogP contribution in [0.2, 0.25) is 0 Å². The Morgan fingerprint density at radius 1 is 1.47 bits per heavy atom. The number of benzene rings is 1. The van der Waals surface area contributed by atoms with Gasteiger partial charge in [0.1, 0.15) is 0 Å². The average Bonchev–Trinajstić information content (AvgIpc) is 2.78. The molecule has 0 saturated carbocycles. The highest BCUT2D eigenvalue weighted by Gasteiger charge is 2.13. The minimum Gasteiger partial charge on any atom is -0.337 e. The second kappa shape index (κ2) is 5.42. The van der Waals surface area contributed by atoms with Crippen molar-refractivity contribution in [2.24, 2.45) is 0 Å². The van der Waals surface area contributed by atoms with Crippen molar-refractivity contribution >= 4 is 15.9 Å². The summed E-state index contributed by atoms with van der Waals surface area (Å²) >= 11 is 3.42. The quantitative estimate of drug-likeness (QED) is 0.941. The molecule has 1 atom stereocenters. The molecule has 0 aliphatic carbocycles. The summed E-state index contributed by atoms with van der Waals surface area (Å²) < 4.78 is 6.24. The molecule has 0 radical (unpaired) electrons. The highest BCUT2D eigenvalue weighted by atomic mass is 79.9. The zero-order valence-corrected chi connectivity index (χ0v) is 11.4. The Balaban J connectivity index is 2.23. The Bertz CT molecular complexity index is 498. The van der Waals surface area contributed by atoms with Gasteiger partial charge < -0.3 is 9.84 Å². The molecule has 0 bridgehead atoms. The van der Waals surface area contributed by atoms with Gasteiger partial charge in [-0.3, -0.25) is 0 Å². The van der Waals surface area contributed by atoms with E-state index in [0.29, 0.717) is 11.7 Å². The number of nitrogens with zero attached hydrogens (tertiary/aromatic N) is 2. The third-order valence-electron chi connectivity index (χ3n) is 2.41. The summed E-state index contributed by atoms with van der Waals surface area (Å²) in [6, 6.07) is 7.91. The first-order valence-corrected chi connectivity index (χ1v) is 6.33. The van der Waals surface area contributed by atoms with Crippen LogP contribution in [0.5, 0.6) is 0 Å². The zero-order chi connectivity index (χ0) is 12.3. The molecular formula is C12H14BrN3O. The predicted molar refractivity (Wildman–Crippen MR) is 69.5 cm³/mol. The normalized spacial score (nSPS) is 12.6. The molecule has 1 unspecified atom stereocenters. The van der Waals surface area contributed by atoms with Crippen LogP contribution in [0.4, 0.5) is 0 Å². The van der Waals surface area contributed by atoms with Gasteiger partial charge in [-0.1, -0.05) is 40.1 Å². The number of halogens is 1. The first-order valence-electron chi connectivity index (χ1n) is 5.53. The van der Waals surface area contributed by atoms with Gasteiger partial charge >= 0.3 is 0 Å². The largest absolute Gasteiger partial charge is 0.337 e. The SMILES string of the molecule is CCNC(C)c1nc(-c2cccc(Br)c2)no1. The molecule has 1 aromatic carbocycles. The summed E-state index contributed by atoms with van der Waals surface area (Å²) in [5, 5.41) is 7.22. The third-order valence-corrected chi connectivity index (χ3v) is 2.90. The first kappa shape index (κ1) is 12.3. The van der Waals surface area contributed by atoms with Crippen molar-refractivity contribution in [3.63, 3.8) is 0 Å². The number of aromatic nitrogens is 2. The van der Waals surface area contributed by atoms with Gasteiger partial charge in [-0.25, -0.2) is 0 Å². The summed E-state index contributed by atoms with van der Waals surface area (Å²) in [7, 11) is 0. The average molecular weight is 296 g/mol. The van der Waals surface area contributed by atoms with Gasteiger partial charge in [-0.2, -0.15) is 4.98 Å². The van der Waals surface area contributed by atoms with Crippen LogP contribution in [0.1, 0.15) is 25.8 Å². The molecule has 0 fully saturated rings. The number of nitrogens with one attached hydrogen (secondary N) is 1. The van der Waals surface area contributed by atoms with E-state index in [0.717, 1.165) is 16.6 Å². The predicted octanol–water partition coefficient (Wildman–Crippen LogP) is 3.17. The van der Waals surface area contributed by atoms with Gasteiger partial charge in [0.25, 0.3) is 0 Å². The molecule has 2 rings (SSSR count). The molecule has 2 aromatic rings. The molecule has 0 saturated heterocycles. The van der Waals surface area contributed by atoms with E-state index >= 15 is 0 Å². The lowest BCUT2D eigenvalue weighted by atomic mass is 10.2. The fraction of sp³-hybridized carbons (Fsp3) is 0.333. The maximum Gasteiger partial charge on any atom is 0.243 e. The summed E-state index contributed by atoms with van der Waals surface area (Å²) in [5.41, 5.74) is 0.943. The number of rotatable bonds is 4. The molecule has 90 valence electrons.